The molecule has 0 saturated carbocycles. The highest BCUT2D eigenvalue weighted by Gasteiger charge is 2.31. The van der Waals surface area contributed by atoms with Gasteiger partial charge in [-0.3, -0.25) is 4.79 Å². The van der Waals surface area contributed by atoms with Crippen molar-refractivity contribution in [2.45, 2.75) is 25.9 Å². The van der Waals surface area contributed by atoms with Gasteiger partial charge in [0, 0.05) is 25.7 Å². The Morgan fingerprint density at radius 1 is 1.53 bits per heavy atom. The minimum Gasteiger partial charge on any atom is -0.479 e. The predicted octanol–water partition coefficient (Wildman–Crippen LogP) is 2.15. The highest BCUT2D eigenvalue weighted by Crippen LogP contribution is 2.36. The molecule has 0 aromatic heterocycles. The number of amides is 1. The van der Waals surface area contributed by atoms with E-state index in [2.05, 4.69) is 11.4 Å². The van der Waals surface area contributed by atoms with E-state index in [9.17, 15) is 4.79 Å². The van der Waals surface area contributed by atoms with Gasteiger partial charge in [0.25, 0.3) is 5.91 Å². The molecule has 0 aliphatic carbocycles. The molecular formula is C14H17N3O2. The van der Waals surface area contributed by atoms with Crippen molar-refractivity contribution < 1.29 is 9.53 Å². The molecule has 0 fully saturated rings. The van der Waals surface area contributed by atoms with E-state index >= 15 is 0 Å². The van der Waals surface area contributed by atoms with Crippen LogP contribution in [0.5, 0.6) is 5.75 Å². The highest BCUT2D eigenvalue weighted by atomic mass is 16.5. The van der Waals surface area contributed by atoms with Crippen LogP contribution in [0.2, 0.25) is 0 Å². The summed E-state index contributed by atoms with van der Waals surface area (Å²) in [7, 11) is 1.83. The van der Waals surface area contributed by atoms with Crippen molar-refractivity contribution in [2.24, 2.45) is 0 Å². The molecule has 0 radical (unpaired) electrons. The summed E-state index contributed by atoms with van der Waals surface area (Å²) in [6.45, 7) is 2.29. The second-order valence-corrected chi connectivity index (χ2v) is 4.44. The molecule has 1 atom stereocenters. The van der Waals surface area contributed by atoms with Crippen molar-refractivity contribution in [1.82, 2.24) is 0 Å². The molecular weight excluding hydrogens is 242 g/mol. The number of rotatable bonds is 4. The Balaban J connectivity index is 2.30. The van der Waals surface area contributed by atoms with Crippen molar-refractivity contribution in [2.75, 3.05) is 23.8 Å². The first kappa shape index (κ1) is 13.2. The molecule has 0 saturated heterocycles. The summed E-state index contributed by atoms with van der Waals surface area (Å²) >= 11 is 0. The lowest BCUT2D eigenvalue weighted by atomic mass is 10.1. The Labute approximate surface area is 112 Å². The number of benzene rings is 1. The summed E-state index contributed by atoms with van der Waals surface area (Å²) in [5.74, 6) is 0.654. The maximum absolute atomic E-state index is 12.2. The topological polar surface area (TPSA) is 65.4 Å². The summed E-state index contributed by atoms with van der Waals surface area (Å²) in [5, 5.41) is 11.6. The summed E-state index contributed by atoms with van der Waals surface area (Å²) in [5.41, 5.74) is 1.70. The fraction of sp³-hybridized carbons (Fsp3) is 0.429. The van der Waals surface area contributed by atoms with Crippen LogP contribution in [-0.2, 0) is 4.79 Å². The smallest absolute Gasteiger partial charge is 0.267 e. The number of ether oxygens (including phenoxy) is 1. The monoisotopic (exact) mass is 259 g/mol. The van der Waals surface area contributed by atoms with E-state index in [4.69, 9.17) is 10.00 Å². The number of hydrogen-bond donors (Lipinski definition) is 1. The summed E-state index contributed by atoms with van der Waals surface area (Å²) in [6.07, 6.45) is 0.633. The van der Waals surface area contributed by atoms with Crippen LogP contribution in [-0.4, -0.2) is 25.6 Å². The molecule has 1 N–H and O–H groups in total. The molecule has 1 amide bonds. The quantitative estimate of drug-likeness (QED) is 0.841. The fourth-order valence-electron chi connectivity index (χ4n) is 2.11. The zero-order chi connectivity index (χ0) is 13.8. The Kier molecular flexibility index (Phi) is 3.91. The maximum atomic E-state index is 12.2. The largest absolute Gasteiger partial charge is 0.479 e. The molecule has 1 unspecified atom stereocenters. The van der Waals surface area contributed by atoms with Gasteiger partial charge in [0.15, 0.2) is 6.10 Å². The zero-order valence-corrected chi connectivity index (χ0v) is 11.1. The first-order chi connectivity index (χ1) is 9.17. The normalized spacial score (nSPS) is 17.4. The lowest BCUT2D eigenvalue weighted by molar-refractivity contribution is -0.125. The second-order valence-electron chi connectivity index (χ2n) is 4.44. The van der Waals surface area contributed by atoms with Crippen molar-refractivity contribution in [1.29, 1.82) is 5.26 Å². The molecule has 100 valence electrons. The number of nitriles is 1. The van der Waals surface area contributed by atoms with Gasteiger partial charge in [0.2, 0.25) is 0 Å². The van der Waals surface area contributed by atoms with Crippen LogP contribution in [0.1, 0.15) is 19.8 Å². The second kappa shape index (κ2) is 5.61. The van der Waals surface area contributed by atoms with Crippen molar-refractivity contribution in [3.05, 3.63) is 18.2 Å². The van der Waals surface area contributed by atoms with E-state index < -0.39 is 6.10 Å². The lowest BCUT2D eigenvalue weighted by Gasteiger charge is -2.33. The molecule has 1 heterocycles. The molecule has 1 aliphatic rings. The minimum absolute atomic E-state index is 0.0568. The summed E-state index contributed by atoms with van der Waals surface area (Å²) in [6, 6.07) is 7.77. The number of unbranched alkanes of at least 4 members (excludes halogenated alkanes) is 1. The number of carbonyl (C=O) groups is 1. The predicted molar refractivity (Wildman–Crippen MR) is 73.3 cm³/mol. The van der Waals surface area contributed by atoms with Crippen LogP contribution in [0.15, 0.2) is 18.2 Å². The maximum Gasteiger partial charge on any atom is 0.267 e. The van der Waals surface area contributed by atoms with Gasteiger partial charge < -0.3 is 15.0 Å². The van der Waals surface area contributed by atoms with Gasteiger partial charge in [-0.1, -0.05) is 0 Å². The molecule has 1 aliphatic heterocycles. The van der Waals surface area contributed by atoms with Crippen molar-refractivity contribution in [3.8, 4) is 11.8 Å². The third-order valence-electron chi connectivity index (χ3n) is 3.13. The van der Waals surface area contributed by atoms with Gasteiger partial charge in [0.1, 0.15) is 5.75 Å². The Morgan fingerprint density at radius 3 is 3.00 bits per heavy atom. The fourth-order valence-corrected chi connectivity index (χ4v) is 2.11. The van der Waals surface area contributed by atoms with Crippen LogP contribution >= 0.6 is 0 Å². The van der Waals surface area contributed by atoms with Gasteiger partial charge in [-0.15, -0.1) is 0 Å². The number of carbonyl (C=O) groups excluding carboxylic acids is 1. The van der Waals surface area contributed by atoms with Gasteiger partial charge in [0.05, 0.1) is 11.8 Å². The Bertz CT molecular complexity index is 522. The third kappa shape index (κ3) is 2.63. The van der Waals surface area contributed by atoms with E-state index in [1.54, 1.807) is 11.8 Å². The molecule has 1 aromatic rings. The van der Waals surface area contributed by atoms with E-state index in [1.807, 2.05) is 25.2 Å². The average Bonchev–Trinajstić information content (AvgIpc) is 2.43. The minimum atomic E-state index is -0.477. The molecule has 19 heavy (non-hydrogen) atoms. The van der Waals surface area contributed by atoms with Gasteiger partial charge in [-0.05, 0) is 31.5 Å². The molecule has 1 aromatic carbocycles. The van der Waals surface area contributed by atoms with E-state index in [-0.39, 0.29) is 5.91 Å². The Hall–Kier alpha value is -2.22. The van der Waals surface area contributed by atoms with E-state index in [0.717, 1.165) is 11.4 Å². The first-order valence-corrected chi connectivity index (χ1v) is 6.34. The number of nitrogens with one attached hydrogen (secondary N) is 1. The molecule has 5 heteroatoms. The lowest BCUT2D eigenvalue weighted by Crippen LogP contribution is -2.44. The zero-order valence-electron chi connectivity index (χ0n) is 11.1. The number of fused-ring (bicyclic) bond motifs is 1. The standard InChI is InChI=1S/C14H17N3O2/c1-10-14(18)17(8-4-3-7-15)12-9-11(16-2)5-6-13(12)19-10/h5-6,9-10,16H,3-4,8H2,1-2H3. The van der Waals surface area contributed by atoms with Gasteiger partial charge in [-0.2, -0.15) is 5.26 Å². The van der Waals surface area contributed by atoms with Crippen LogP contribution < -0.4 is 15.0 Å². The van der Waals surface area contributed by atoms with Gasteiger partial charge >= 0.3 is 0 Å². The van der Waals surface area contributed by atoms with Gasteiger partial charge in [-0.25, -0.2) is 0 Å². The van der Waals surface area contributed by atoms with Crippen LogP contribution in [0.3, 0.4) is 0 Å². The number of hydrogen-bond acceptors (Lipinski definition) is 4. The molecule has 0 spiro atoms. The average molecular weight is 259 g/mol. The summed E-state index contributed by atoms with van der Waals surface area (Å²) in [4.78, 5) is 13.9. The van der Waals surface area contributed by atoms with Crippen LogP contribution in [0, 0.1) is 11.3 Å². The van der Waals surface area contributed by atoms with Crippen LogP contribution in [0.4, 0.5) is 11.4 Å². The first-order valence-electron chi connectivity index (χ1n) is 6.34. The van der Waals surface area contributed by atoms with Crippen LogP contribution in [0.25, 0.3) is 0 Å². The van der Waals surface area contributed by atoms with E-state index in [0.29, 0.717) is 25.1 Å². The van der Waals surface area contributed by atoms with Crippen molar-refractivity contribution in [3.63, 3.8) is 0 Å². The SMILES string of the molecule is CNc1ccc2c(c1)N(CCCC#N)C(=O)C(C)O2. The molecule has 5 nitrogen and oxygen atoms in total. The van der Waals surface area contributed by atoms with Crippen molar-refractivity contribution >= 4 is 17.3 Å². The third-order valence-corrected chi connectivity index (χ3v) is 3.13. The highest BCUT2D eigenvalue weighted by molar-refractivity contribution is 6.00. The molecule has 2 rings (SSSR count). The number of anilines is 2. The number of nitrogens with zero attached hydrogens (tertiary/aromatic N) is 2. The summed E-state index contributed by atoms with van der Waals surface area (Å²) < 4.78 is 5.60. The Morgan fingerprint density at radius 2 is 2.32 bits per heavy atom. The van der Waals surface area contributed by atoms with E-state index in [1.165, 1.54) is 0 Å². The molecule has 0 bridgehead atoms.